The molecule has 1 atom stereocenters. The van der Waals surface area contributed by atoms with Crippen molar-refractivity contribution in [1.82, 2.24) is 15.1 Å². The SMILES string of the molecule is CCNC(=NCc1ccc(OCCOC)cc1)N1CCN(C(C)C(F)(F)F)CC1.I. The highest BCUT2D eigenvalue weighted by atomic mass is 127. The Hall–Kier alpha value is -1.27. The molecule has 0 bridgehead atoms. The number of piperazine rings is 1. The largest absolute Gasteiger partial charge is 0.491 e. The Kier molecular flexibility index (Phi) is 11.8. The molecule has 1 aromatic rings. The summed E-state index contributed by atoms with van der Waals surface area (Å²) in [4.78, 5) is 8.15. The first-order valence-corrected chi connectivity index (χ1v) is 9.89. The number of alkyl halides is 3. The molecule has 2 rings (SSSR count). The summed E-state index contributed by atoms with van der Waals surface area (Å²) >= 11 is 0. The minimum atomic E-state index is -4.19. The van der Waals surface area contributed by atoms with E-state index in [9.17, 15) is 13.2 Å². The molecule has 0 aliphatic carbocycles. The lowest BCUT2D eigenvalue weighted by Crippen LogP contribution is -2.56. The number of hydrogen-bond donors (Lipinski definition) is 1. The maximum Gasteiger partial charge on any atom is 0.403 e. The molecule has 172 valence electrons. The first-order chi connectivity index (χ1) is 13.8. The van der Waals surface area contributed by atoms with Crippen LogP contribution in [-0.4, -0.2) is 81.0 Å². The van der Waals surface area contributed by atoms with Gasteiger partial charge in [-0.3, -0.25) is 4.90 Å². The van der Waals surface area contributed by atoms with Crippen molar-refractivity contribution >= 4 is 29.9 Å². The zero-order valence-corrected chi connectivity index (χ0v) is 20.1. The second kappa shape index (κ2) is 13.2. The normalized spacial score (nSPS) is 16.7. The van der Waals surface area contributed by atoms with Gasteiger partial charge in [-0.2, -0.15) is 13.2 Å². The molecule has 1 N–H and O–H groups in total. The number of guanidine groups is 1. The van der Waals surface area contributed by atoms with Crippen LogP contribution in [0.25, 0.3) is 0 Å². The van der Waals surface area contributed by atoms with Gasteiger partial charge < -0.3 is 19.7 Å². The molecule has 30 heavy (non-hydrogen) atoms. The Bertz CT molecular complexity index is 636. The molecular weight excluding hydrogens is 512 g/mol. The van der Waals surface area contributed by atoms with Crippen LogP contribution in [0.3, 0.4) is 0 Å². The average Bonchev–Trinajstić information content (AvgIpc) is 2.71. The summed E-state index contributed by atoms with van der Waals surface area (Å²) in [5.41, 5.74) is 1.03. The van der Waals surface area contributed by atoms with E-state index in [0.29, 0.717) is 52.5 Å². The first kappa shape index (κ1) is 26.8. The van der Waals surface area contributed by atoms with Gasteiger partial charge in [0, 0.05) is 39.8 Å². The van der Waals surface area contributed by atoms with Crippen LogP contribution in [0.5, 0.6) is 5.75 Å². The van der Waals surface area contributed by atoms with E-state index in [-0.39, 0.29) is 24.0 Å². The zero-order chi connectivity index (χ0) is 21.3. The number of aliphatic imine (C=N–C) groups is 1. The Morgan fingerprint density at radius 3 is 2.30 bits per heavy atom. The highest BCUT2D eigenvalue weighted by molar-refractivity contribution is 14.0. The smallest absolute Gasteiger partial charge is 0.403 e. The Morgan fingerprint density at radius 1 is 1.13 bits per heavy atom. The molecule has 0 aromatic heterocycles. The lowest BCUT2D eigenvalue weighted by atomic mass is 10.2. The van der Waals surface area contributed by atoms with Crippen molar-refractivity contribution in [2.75, 3.05) is 53.0 Å². The number of nitrogens with zero attached hydrogens (tertiary/aromatic N) is 3. The fourth-order valence-corrected chi connectivity index (χ4v) is 3.05. The van der Waals surface area contributed by atoms with E-state index in [1.807, 2.05) is 36.1 Å². The van der Waals surface area contributed by atoms with E-state index in [0.717, 1.165) is 17.3 Å². The van der Waals surface area contributed by atoms with Crippen LogP contribution >= 0.6 is 24.0 Å². The van der Waals surface area contributed by atoms with Crippen molar-refractivity contribution < 1.29 is 22.6 Å². The molecule has 1 fully saturated rings. The van der Waals surface area contributed by atoms with Gasteiger partial charge in [-0.1, -0.05) is 12.1 Å². The third kappa shape index (κ3) is 8.46. The van der Waals surface area contributed by atoms with E-state index < -0.39 is 12.2 Å². The second-order valence-electron chi connectivity index (χ2n) is 6.90. The van der Waals surface area contributed by atoms with Gasteiger partial charge in [-0.05, 0) is 31.5 Å². The van der Waals surface area contributed by atoms with E-state index >= 15 is 0 Å². The fraction of sp³-hybridized carbons (Fsp3) is 0.650. The van der Waals surface area contributed by atoms with E-state index in [1.54, 1.807) is 7.11 Å². The molecule has 1 aromatic carbocycles. The molecule has 6 nitrogen and oxygen atoms in total. The number of methoxy groups -OCH3 is 1. The summed E-state index contributed by atoms with van der Waals surface area (Å²) in [5, 5.41) is 3.24. The molecule has 0 saturated carbocycles. The summed E-state index contributed by atoms with van der Waals surface area (Å²) in [5.74, 6) is 1.50. The highest BCUT2D eigenvalue weighted by Gasteiger charge is 2.41. The molecule has 0 amide bonds. The summed E-state index contributed by atoms with van der Waals surface area (Å²) in [6, 6.07) is 6.28. The van der Waals surface area contributed by atoms with Crippen LogP contribution in [0.1, 0.15) is 19.4 Å². The zero-order valence-electron chi connectivity index (χ0n) is 17.7. The van der Waals surface area contributed by atoms with Crippen LogP contribution < -0.4 is 10.1 Å². The lowest BCUT2D eigenvalue weighted by molar-refractivity contribution is -0.181. The molecule has 1 unspecified atom stereocenters. The van der Waals surface area contributed by atoms with Gasteiger partial charge >= 0.3 is 6.18 Å². The standard InChI is InChI=1S/C20H31F3N4O2.HI/c1-4-24-19(27-11-9-26(10-12-27)16(2)20(21,22)23)25-15-17-5-7-18(8-6-17)29-14-13-28-3;/h5-8,16H,4,9-15H2,1-3H3,(H,24,25);1H. The fourth-order valence-electron chi connectivity index (χ4n) is 3.05. The monoisotopic (exact) mass is 544 g/mol. The summed E-state index contributed by atoms with van der Waals surface area (Å²) in [6.45, 7) is 7.16. The maximum atomic E-state index is 12.9. The van der Waals surface area contributed by atoms with E-state index in [4.69, 9.17) is 9.47 Å². The first-order valence-electron chi connectivity index (χ1n) is 9.89. The molecular formula is C20H32F3IN4O2. The second-order valence-corrected chi connectivity index (χ2v) is 6.90. The van der Waals surface area contributed by atoms with Crippen molar-refractivity contribution in [3.05, 3.63) is 29.8 Å². The maximum absolute atomic E-state index is 12.9. The molecule has 1 saturated heterocycles. The molecule has 1 heterocycles. The predicted molar refractivity (Wildman–Crippen MR) is 123 cm³/mol. The molecule has 10 heteroatoms. The van der Waals surface area contributed by atoms with Gasteiger partial charge in [0.2, 0.25) is 0 Å². The van der Waals surface area contributed by atoms with Crippen LogP contribution in [-0.2, 0) is 11.3 Å². The topological polar surface area (TPSA) is 49.3 Å². The van der Waals surface area contributed by atoms with Crippen LogP contribution in [0.4, 0.5) is 13.2 Å². The molecule has 0 radical (unpaired) electrons. The quantitative estimate of drug-likeness (QED) is 0.236. The average molecular weight is 544 g/mol. The number of ether oxygens (including phenoxy) is 2. The third-order valence-electron chi connectivity index (χ3n) is 4.86. The van der Waals surface area contributed by atoms with Crippen molar-refractivity contribution in [1.29, 1.82) is 0 Å². The van der Waals surface area contributed by atoms with Crippen LogP contribution in [0.2, 0.25) is 0 Å². The molecule has 1 aliphatic rings. The third-order valence-corrected chi connectivity index (χ3v) is 4.86. The van der Waals surface area contributed by atoms with Crippen molar-refractivity contribution in [3.8, 4) is 5.75 Å². The van der Waals surface area contributed by atoms with Gasteiger partial charge in [0.1, 0.15) is 18.4 Å². The molecule has 1 aliphatic heterocycles. The minimum Gasteiger partial charge on any atom is -0.491 e. The number of nitrogens with one attached hydrogen (secondary N) is 1. The highest BCUT2D eigenvalue weighted by Crippen LogP contribution is 2.25. The predicted octanol–water partition coefficient (Wildman–Crippen LogP) is 3.36. The van der Waals surface area contributed by atoms with Gasteiger partial charge in [0.25, 0.3) is 0 Å². The van der Waals surface area contributed by atoms with Crippen LogP contribution in [0, 0.1) is 0 Å². The molecule has 0 spiro atoms. The van der Waals surface area contributed by atoms with Gasteiger partial charge in [-0.15, -0.1) is 24.0 Å². The van der Waals surface area contributed by atoms with Crippen molar-refractivity contribution in [2.24, 2.45) is 4.99 Å². The number of rotatable bonds is 8. The lowest BCUT2D eigenvalue weighted by Gasteiger charge is -2.39. The Balaban J connectivity index is 0.00000450. The minimum absolute atomic E-state index is 0. The number of halogens is 4. The number of hydrogen-bond acceptors (Lipinski definition) is 4. The van der Waals surface area contributed by atoms with Crippen LogP contribution in [0.15, 0.2) is 29.3 Å². The van der Waals surface area contributed by atoms with Crippen molar-refractivity contribution in [2.45, 2.75) is 32.6 Å². The summed E-state index contributed by atoms with van der Waals surface area (Å²) < 4.78 is 49.3. The summed E-state index contributed by atoms with van der Waals surface area (Å²) in [6.07, 6.45) is -4.19. The van der Waals surface area contributed by atoms with Gasteiger partial charge in [0.15, 0.2) is 5.96 Å². The van der Waals surface area contributed by atoms with Crippen molar-refractivity contribution in [3.63, 3.8) is 0 Å². The Morgan fingerprint density at radius 2 is 1.77 bits per heavy atom. The summed E-state index contributed by atoms with van der Waals surface area (Å²) in [7, 11) is 1.63. The number of benzene rings is 1. The van der Waals surface area contributed by atoms with E-state index in [1.165, 1.54) is 11.8 Å². The Labute approximate surface area is 193 Å². The van der Waals surface area contributed by atoms with Gasteiger partial charge in [0.05, 0.1) is 13.2 Å². The van der Waals surface area contributed by atoms with E-state index in [2.05, 4.69) is 10.3 Å². The van der Waals surface area contributed by atoms with Gasteiger partial charge in [-0.25, -0.2) is 4.99 Å².